The summed E-state index contributed by atoms with van der Waals surface area (Å²) in [5.41, 5.74) is 5.30. The molecule has 0 radical (unpaired) electrons. The molecule has 5 rings (SSSR count). The summed E-state index contributed by atoms with van der Waals surface area (Å²) in [7, 11) is 0. The van der Waals surface area contributed by atoms with Crippen molar-refractivity contribution >= 4 is 38.6 Å². The van der Waals surface area contributed by atoms with Crippen molar-refractivity contribution in [3.63, 3.8) is 0 Å². The molecule has 1 aliphatic heterocycles. The normalized spacial score (nSPS) is 16.6. The number of para-hydroxylation sites is 2. The highest BCUT2D eigenvalue weighted by Crippen LogP contribution is 2.26. The first-order chi connectivity index (χ1) is 16.6. The Labute approximate surface area is 208 Å². The van der Waals surface area contributed by atoms with Gasteiger partial charge < -0.3 is 5.32 Å². The van der Waals surface area contributed by atoms with Gasteiger partial charge in [0.2, 0.25) is 5.91 Å². The maximum atomic E-state index is 13.1. The molecule has 3 aromatic carbocycles. The SMILES string of the molecule is CCc1cccc(NC(=O)[C@@H]2CCCN(Cc3nc4ccccc4n3-c3ccc(Br)cc3)C2)c1. The molecule has 0 bridgehead atoms. The molecule has 4 aromatic rings. The smallest absolute Gasteiger partial charge is 0.228 e. The standard InChI is InChI=1S/C28H29BrN4O/c1-2-20-7-5-9-23(17-20)30-28(34)21-8-6-16-32(18-21)19-27-31-25-10-3-4-11-26(25)33(27)24-14-12-22(29)13-15-24/h3-5,7,9-15,17,21H,2,6,8,16,18-19H2,1H3,(H,30,34)/t21-/m1/s1. The van der Waals surface area contributed by atoms with Crippen molar-refractivity contribution in [1.82, 2.24) is 14.5 Å². The first kappa shape index (κ1) is 22.8. The van der Waals surface area contributed by atoms with E-state index in [0.29, 0.717) is 6.54 Å². The van der Waals surface area contributed by atoms with Crippen LogP contribution in [0.5, 0.6) is 0 Å². The fraction of sp³-hybridized carbons (Fsp3) is 0.286. The summed E-state index contributed by atoms with van der Waals surface area (Å²) < 4.78 is 3.29. The molecule has 6 heteroatoms. The van der Waals surface area contributed by atoms with Crippen LogP contribution in [-0.4, -0.2) is 33.4 Å². The predicted molar refractivity (Wildman–Crippen MR) is 141 cm³/mol. The van der Waals surface area contributed by atoms with E-state index in [1.807, 2.05) is 18.2 Å². The van der Waals surface area contributed by atoms with E-state index in [2.05, 4.69) is 92.2 Å². The average Bonchev–Trinajstić information content (AvgIpc) is 3.22. The van der Waals surface area contributed by atoms with E-state index in [1.165, 1.54) is 5.56 Å². The third-order valence-electron chi connectivity index (χ3n) is 6.56. The number of anilines is 1. The second-order valence-corrected chi connectivity index (χ2v) is 9.86. The number of rotatable bonds is 6. The Balaban J connectivity index is 1.35. The van der Waals surface area contributed by atoms with Crippen molar-refractivity contribution in [2.75, 3.05) is 18.4 Å². The summed E-state index contributed by atoms with van der Waals surface area (Å²) >= 11 is 3.54. The summed E-state index contributed by atoms with van der Waals surface area (Å²) in [6.07, 6.45) is 2.88. The zero-order valence-corrected chi connectivity index (χ0v) is 21.0. The third kappa shape index (κ3) is 4.93. The molecule has 1 amide bonds. The van der Waals surface area contributed by atoms with Gasteiger partial charge in [-0.25, -0.2) is 4.98 Å². The molecular formula is C28H29BrN4O. The Morgan fingerprint density at radius 2 is 1.91 bits per heavy atom. The molecule has 0 unspecified atom stereocenters. The summed E-state index contributed by atoms with van der Waals surface area (Å²) in [6, 6.07) is 24.7. The van der Waals surface area contributed by atoms with Gasteiger partial charge in [-0.15, -0.1) is 0 Å². The van der Waals surface area contributed by atoms with Gasteiger partial charge in [-0.2, -0.15) is 0 Å². The largest absolute Gasteiger partial charge is 0.326 e. The van der Waals surface area contributed by atoms with Crippen LogP contribution in [0.3, 0.4) is 0 Å². The number of amides is 1. The Kier molecular flexibility index (Phi) is 6.79. The van der Waals surface area contributed by atoms with Crippen LogP contribution in [0.2, 0.25) is 0 Å². The Bertz CT molecular complexity index is 1300. The lowest BCUT2D eigenvalue weighted by atomic mass is 9.97. The number of fused-ring (bicyclic) bond motifs is 1. The van der Waals surface area contributed by atoms with Gasteiger partial charge in [0, 0.05) is 22.4 Å². The van der Waals surface area contributed by atoms with E-state index in [-0.39, 0.29) is 11.8 Å². The van der Waals surface area contributed by atoms with Gasteiger partial charge in [-0.3, -0.25) is 14.3 Å². The summed E-state index contributed by atoms with van der Waals surface area (Å²) in [5, 5.41) is 3.14. The number of nitrogens with zero attached hydrogens (tertiary/aromatic N) is 3. The topological polar surface area (TPSA) is 50.2 Å². The van der Waals surface area contributed by atoms with Gasteiger partial charge in [0.05, 0.1) is 23.5 Å². The van der Waals surface area contributed by atoms with Gasteiger partial charge in [0.15, 0.2) is 0 Å². The van der Waals surface area contributed by atoms with Crippen LogP contribution >= 0.6 is 15.9 Å². The highest BCUT2D eigenvalue weighted by Gasteiger charge is 2.27. The molecule has 1 N–H and O–H groups in total. The van der Waals surface area contributed by atoms with Crippen molar-refractivity contribution in [1.29, 1.82) is 0 Å². The number of piperidine rings is 1. The molecule has 1 saturated heterocycles. The fourth-order valence-electron chi connectivity index (χ4n) is 4.79. The summed E-state index contributed by atoms with van der Waals surface area (Å²) in [5.74, 6) is 1.09. The number of carbonyl (C=O) groups is 1. The minimum absolute atomic E-state index is 0.0236. The fourth-order valence-corrected chi connectivity index (χ4v) is 5.05. The maximum Gasteiger partial charge on any atom is 0.228 e. The number of halogens is 1. The first-order valence-electron chi connectivity index (χ1n) is 11.9. The summed E-state index contributed by atoms with van der Waals surface area (Å²) in [4.78, 5) is 20.4. The molecule has 2 heterocycles. The highest BCUT2D eigenvalue weighted by atomic mass is 79.9. The summed E-state index contributed by atoms with van der Waals surface area (Å²) in [6.45, 7) is 4.54. The first-order valence-corrected chi connectivity index (χ1v) is 12.7. The van der Waals surface area contributed by atoms with E-state index < -0.39 is 0 Å². The monoisotopic (exact) mass is 516 g/mol. The van der Waals surface area contributed by atoms with Crippen molar-refractivity contribution in [3.05, 3.63) is 88.7 Å². The highest BCUT2D eigenvalue weighted by molar-refractivity contribution is 9.10. The number of carbonyl (C=O) groups excluding carboxylic acids is 1. The number of likely N-dealkylation sites (tertiary alicyclic amines) is 1. The van der Waals surface area contributed by atoms with E-state index in [1.54, 1.807) is 0 Å². The van der Waals surface area contributed by atoms with Crippen LogP contribution in [0, 0.1) is 5.92 Å². The van der Waals surface area contributed by atoms with Crippen molar-refractivity contribution in [2.24, 2.45) is 5.92 Å². The van der Waals surface area contributed by atoms with E-state index in [9.17, 15) is 4.79 Å². The number of nitrogens with one attached hydrogen (secondary N) is 1. The number of hydrogen-bond donors (Lipinski definition) is 1. The second kappa shape index (κ2) is 10.1. The molecule has 0 aliphatic carbocycles. The Morgan fingerprint density at radius 3 is 2.74 bits per heavy atom. The minimum atomic E-state index is -0.0236. The number of hydrogen-bond acceptors (Lipinski definition) is 3. The molecule has 0 spiro atoms. The lowest BCUT2D eigenvalue weighted by molar-refractivity contribution is -0.121. The molecule has 0 saturated carbocycles. The Hall–Kier alpha value is -2.96. The van der Waals surface area contributed by atoms with Crippen molar-refractivity contribution in [3.8, 4) is 5.69 Å². The van der Waals surface area contributed by atoms with Crippen LogP contribution in [0.4, 0.5) is 5.69 Å². The molecule has 1 aromatic heterocycles. The molecular weight excluding hydrogens is 488 g/mol. The molecule has 5 nitrogen and oxygen atoms in total. The lowest BCUT2D eigenvalue weighted by Crippen LogP contribution is -2.40. The molecule has 1 fully saturated rings. The van der Waals surface area contributed by atoms with Gasteiger partial charge in [0.1, 0.15) is 5.82 Å². The number of aromatic nitrogens is 2. The third-order valence-corrected chi connectivity index (χ3v) is 7.09. The average molecular weight is 517 g/mol. The minimum Gasteiger partial charge on any atom is -0.326 e. The van der Waals surface area contributed by atoms with Gasteiger partial charge >= 0.3 is 0 Å². The predicted octanol–water partition coefficient (Wildman–Crippen LogP) is 6.20. The maximum absolute atomic E-state index is 13.1. The number of aryl methyl sites for hydroxylation is 1. The van der Waals surface area contributed by atoms with Crippen molar-refractivity contribution in [2.45, 2.75) is 32.7 Å². The van der Waals surface area contributed by atoms with Crippen LogP contribution in [-0.2, 0) is 17.8 Å². The quantitative estimate of drug-likeness (QED) is 0.331. The van der Waals surface area contributed by atoms with Gasteiger partial charge in [0.25, 0.3) is 0 Å². The van der Waals surface area contributed by atoms with E-state index in [0.717, 1.165) is 65.1 Å². The van der Waals surface area contributed by atoms with Gasteiger partial charge in [-0.05, 0) is 79.9 Å². The lowest BCUT2D eigenvalue weighted by Gasteiger charge is -2.31. The van der Waals surface area contributed by atoms with Gasteiger partial charge in [-0.1, -0.05) is 47.1 Å². The van der Waals surface area contributed by atoms with E-state index >= 15 is 0 Å². The van der Waals surface area contributed by atoms with Crippen LogP contribution in [0.25, 0.3) is 16.7 Å². The molecule has 1 aliphatic rings. The molecule has 34 heavy (non-hydrogen) atoms. The van der Waals surface area contributed by atoms with E-state index in [4.69, 9.17) is 4.98 Å². The Morgan fingerprint density at radius 1 is 1.09 bits per heavy atom. The number of imidazole rings is 1. The van der Waals surface area contributed by atoms with Crippen LogP contribution in [0.15, 0.2) is 77.3 Å². The van der Waals surface area contributed by atoms with Crippen LogP contribution in [0.1, 0.15) is 31.2 Å². The van der Waals surface area contributed by atoms with Crippen LogP contribution < -0.4 is 5.32 Å². The zero-order valence-electron chi connectivity index (χ0n) is 19.4. The molecule has 1 atom stereocenters. The van der Waals surface area contributed by atoms with Crippen molar-refractivity contribution < 1.29 is 4.79 Å². The second-order valence-electron chi connectivity index (χ2n) is 8.95. The number of benzene rings is 3. The zero-order chi connectivity index (χ0) is 23.5. The molecule has 174 valence electrons.